The van der Waals surface area contributed by atoms with Crippen LogP contribution in [0.2, 0.25) is 0 Å². The zero-order valence-corrected chi connectivity index (χ0v) is 15.8. The van der Waals surface area contributed by atoms with Gasteiger partial charge in [-0.05, 0) is 12.8 Å². The molecule has 0 aliphatic carbocycles. The minimum Gasteiger partial charge on any atom is -0.351 e. The van der Waals surface area contributed by atoms with E-state index in [0.29, 0.717) is 0 Å². The monoisotopic (exact) mass is 428 g/mol. The number of aromatic nitrogens is 1. The van der Waals surface area contributed by atoms with Gasteiger partial charge < -0.3 is 10.2 Å². The number of aliphatic imine (C=N–C) groups is 1. The normalized spacial score (nSPS) is 14.8. The molecule has 3 rings (SSSR count). The molecule has 1 saturated heterocycles. The molecule has 0 radical (unpaired) electrons. The van der Waals surface area contributed by atoms with Gasteiger partial charge in [0, 0.05) is 31.1 Å². The van der Waals surface area contributed by atoms with Gasteiger partial charge >= 0.3 is 0 Å². The number of hydrogen-bond donors (Lipinski definition) is 1. The summed E-state index contributed by atoms with van der Waals surface area (Å²) in [6.45, 7) is 2.94. The van der Waals surface area contributed by atoms with Crippen LogP contribution in [0.4, 0.5) is 0 Å². The average Bonchev–Trinajstić information content (AvgIpc) is 3.20. The summed E-state index contributed by atoms with van der Waals surface area (Å²) in [5.41, 5.74) is 2.25. The first-order valence-electron chi connectivity index (χ1n) is 7.32. The predicted molar refractivity (Wildman–Crippen MR) is 104 cm³/mol. The maximum absolute atomic E-state index is 4.70. The average molecular weight is 428 g/mol. The van der Waals surface area contributed by atoms with Crippen LogP contribution in [0.5, 0.6) is 0 Å². The minimum atomic E-state index is 0. The molecule has 1 fully saturated rings. The van der Waals surface area contributed by atoms with Crippen LogP contribution in [0.3, 0.4) is 0 Å². The van der Waals surface area contributed by atoms with Gasteiger partial charge in [0.2, 0.25) is 0 Å². The van der Waals surface area contributed by atoms with Crippen molar-refractivity contribution >= 4 is 41.3 Å². The van der Waals surface area contributed by atoms with Crippen LogP contribution in [0.15, 0.2) is 40.7 Å². The molecule has 0 spiro atoms. The molecule has 0 atom stereocenters. The standard InChI is InChI=1S/C16H20N4S.HI/c1-17-16(20-9-5-6-10-20)18-11-14-12-21-15(19-14)13-7-3-2-4-8-13;/h2-4,7-8,12H,5-6,9-11H2,1H3,(H,17,18);1H. The fourth-order valence-electron chi connectivity index (χ4n) is 2.53. The Morgan fingerprint density at radius 3 is 2.68 bits per heavy atom. The number of halogens is 1. The molecule has 6 heteroatoms. The first-order valence-corrected chi connectivity index (χ1v) is 8.20. The Bertz CT molecular complexity index is 606. The molecule has 1 aliphatic heterocycles. The number of thiazole rings is 1. The van der Waals surface area contributed by atoms with E-state index in [1.54, 1.807) is 11.3 Å². The molecule has 0 amide bonds. The molecule has 0 unspecified atom stereocenters. The van der Waals surface area contributed by atoms with Crippen LogP contribution in [0, 0.1) is 0 Å². The third kappa shape index (κ3) is 4.19. The number of nitrogens with zero attached hydrogens (tertiary/aromatic N) is 3. The number of hydrogen-bond acceptors (Lipinski definition) is 3. The van der Waals surface area contributed by atoms with Gasteiger partial charge in [-0.15, -0.1) is 35.3 Å². The molecule has 0 bridgehead atoms. The highest BCUT2D eigenvalue weighted by Gasteiger charge is 2.15. The summed E-state index contributed by atoms with van der Waals surface area (Å²) in [5, 5.41) is 6.60. The second-order valence-electron chi connectivity index (χ2n) is 5.10. The van der Waals surface area contributed by atoms with Crippen LogP contribution >= 0.6 is 35.3 Å². The Morgan fingerprint density at radius 1 is 1.27 bits per heavy atom. The molecule has 1 aromatic heterocycles. The molecule has 4 nitrogen and oxygen atoms in total. The van der Waals surface area contributed by atoms with Crippen molar-refractivity contribution in [2.75, 3.05) is 20.1 Å². The van der Waals surface area contributed by atoms with Gasteiger partial charge in [0.25, 0.3) is 0 Å². The van der Waals surface area contributed by atoms with E-state index in [1.165, 1.54) is 18.4 Å². The number of likely N-dealkylation sites (tertiary alicyclic amines) is 1. The summed E-state index contributed by atoms with van der Waals surface area (Å²) in [5.74, 6) is 0.988. The second kappa shape index (κ2) is 8.47. The highest BCUT2D eigenvalue weighted by atomic mass is 127. The number of rotatable bonds is 3. The molecule has 2 heterocycles. The van der Waals surface area contributed by atoms with Crippen molar-refractivity contribution in [1.29, 1.82) is 0 Å². The molecule has 1 aromatic carbocycles. The van der Waals surface area contributed by atoms with Gasteiger partial charge in [0.05, 0.1) is 12.2 Å². The quantitative estimate of drug-likeness (QED) is 0.462. The molecule has 0 saturated carbocycles. The van der Waals surface area contributed by atoms with Crippen molar-refractivity contribution in [2.24, 2.45) is 4.99 Å². The third-order valence-electron chi connectivity index (χ3n) is 3.62. The maximum atomic E-state index is 4.70. The van der Waals surface area contributed by atoms with E-state index in [1.807, 2.05) is 25.2 Å². The van der Waals surface area contributed by atoms with Crippen LogP contribution in [0.1, 0.15) is 18.5 Å². The first kappa shape index (κ1) is 17.2. The number of guanidine groups is 1. The molecule has 22 heavy (non-hydrogen) atoms. The van der Waals surface area contributed by atoms with Gasteiger partial charge in [-0.2, -0.15) is 0 Å². The minimum absolute atomic E-state index is 0. The lowest BCUT2D eigenvalue weighted by molar-refractivity contribution is 0.493. The van der Waals surface area contributed by atoms with Crippen molar-refractivity contribution in [3.63, 3.8) is 0 Å². The van der Waals surface area contributed by atoms with Gasteiger partial charge in [-0.3, -0.25) is 4.99 Å². The van der Waals surface area contributed by atoms with Crippen LogP contribution < -0.4 is 5.32 Å². The van der Waals surface area contributed by atoms with Crippen molar-refractivity contribution in [3.05, 3.63) is 41.4 Å². The SMILES string of the molecule is CN=C(NCc1csc(-c2ccccc2)n1)N1CCCC1.I. The summed E-state index contributed by atoms with van der Waals surface area (Å²) in [4.78, 5) is 11.4. The Labute approximate surface area is 152 Å². The summed E-state index contributed by atoms with van der Waals surface area (Å²) >= 11 is 1.69. The summed E-state index contributed by atoms with van der Waals surface area (Å²) < 4.78 is 0. The van der Waals surface area contributed by atoms with Crippen molar-refractivity contribution in [1.82, 2.24) is 15.2 Å². The van der Waals surface area contributed by atoms with Gasteiger partial charge in [0.1, 0.15) is 5.01 Å². The summed E-state index contributed by atoms with van der Waals surface area (Å²) in [6.07, 6.45) is 2.52. The summed E-state index contributed by atoms with van der Waals surface area (Å²) in [7, 11) is 1.84. The Balaban J connectivity index is 0.00000176. The Kier molecular flexibility index (Phi) is 6.63. The highest BCUT2D eigenvalue weighted by Crippen LogP contribution is 2.23. The lowest BCUT2D eigenvalue weighted by Crippen LogP contribution is -2.39. The second-order valence-corrected chi connectivity index (χ2v) is 5.96. The largest absolute Gasteiger partial charge is 0.351 e. The lowest BCUT2D eigenvalue weighted by atomic mass is 10.2. The predicted octanol–water partition coefficient (Wildman–Crippen LogP) is 3.60. The zero-order chi connectivity index (χ0) is 14.5. The molecular formula is C16H21IN4S. The molecule has 1 N–H and O–H groups in total. The van der Waals surface area contributed by atoms with Gasteiger partial charge in [-0.1, -0.05) is 30.3 Å². The molecule has 118 valence electrons. The van der Waals surface area contributed by atoms with E-state index in [4.69, 9.17) is 4.98 Å². The Hall–Kier alpha value is -1.15. The molecule has 1 aliphatic rings. The lowest BCUT2D eigenvalue weighted by Gasteiger charge is -2.20. The number of benzene rings is 1. The van der Waals surface area contributed by atoms with Gasteiger partial charge in [-0.25, -0.2) is 4.98 Å². The van der Waals surface area contributed by atoms with Crippen LogP contribution in [0.25, 0.3) is 10.6 Å². The van der Waals surface area contributed by atoms with Crippen LogP contribution in [-0.4, -0.2) is 36.0 Å². The van der Waals surface area contributed by atoms with E-state index in [9.17, 15) is 0 Å². The zero-order valence-electron chi connectivity index (χ0n) is 12.7. The van der Waals surface area contributed by atoms with E-state index < -0.39 is 0 Å². The van der Waals surface area contributed by atoms with Crippen molar-refractivity contribution in [2.45, 2.75) is 19.4 Å². The van der Waals surface area contributed by atoms with Crippen molar-refractivity contribution in [3.8, 4) is 10.6 Å². The first-order chi connectivity index (χ1) is 10.4. The van der Waals surface area contributed by atoms with Crippen molar-refractivity contribution < 1.29 is 0 Å². The summed E-state index contributed by atoms with van der Waals surface area (Å²) in [6, 6.07) is 10.3. The molecule has 2 aromatic rings. The van der Waals surface area contributed by atoms with E-state index in [2.05, 4.69) is 32.7 Å². The van der Waals surface area contributed by atoms with E-state index in [0.717, 1.165) is 36.3 Å². The van der Waals surface area contributed by atoms with Gasteiger partial charge in [0.15, 0.2) is 5.96 Å². The smallest absolute Gasteiger partial charge is 0.193 e. The van der Waals surface area contributed by atoms with E-state index >= 15 is 0 Å². The maximum Gasteiger partial charge on any atom is 0.193 e. The fourth-order valence-corrected chi connectivity index (χ4v) is 3.36. The highest BCUT2D eigenvalue weighted by molar-refractivity contribution is 14.0. The molecular weight excluding hydrogens is 407 g/mol. The fraction of sp³-hybridized carbons (Fsp3) is 0.375. The third-order valence-corrected chi connectivity index (χ3v) is 4.56. The number of nitrogens with one attached hydrogen (secondary N) is 1. The Morgan fingerprint density at radius 2 is 2.00 bits per heavy atom. The topological polar surface area (TPSA) is 40.5 Å². The van der Waals surface area contributed by atoms with Crippen LogP contribution in [-0.2, 0) is 6.54 Å². The van der Waals surface area contributed by atoms with E-state index in [-0.39, 0.29) is 24.0 Å².